The van der Waals surface area contributed by atoms with Crippen LogP contribution < -0.4 is 5.32 Å². The molecule has 1 aromatic heterocycles. The van der Waals surface area contributed by atoms with E-state index in [-0.39, 0.29) is 18.4 Å². The van der Waals surface area contributed by atoms with Gasteiger partial charge >= 0.3 is 5.97 Å². The molecule has 1 saturated heterocycles. The number of hydrogen-bond donors (Lipinski definition) is 2. The zero-order valence-electron chi connectivity index (χ0n) is 14.3. The zero-order valence-corrected chi connectivity index (χ0v) is 15.0. The van der Waals surface area contributed by atoms with E-state index >= 15 is 0 Å². The van der Waals surface area contributed by atoms with Gasteiger partial charge in [-0.05, 0) is 25.0 Å². The first-order chi connectivity index (χ1) is 12.5. The molecule has 1 aromatic carbocycles. The van der Waals surface area contributed by atoms with Crippen molar-refractivity contribution in [1.82, 2.24) is 14.7 Å². The van der Waals surface area contributed by atoms with Crippen LogP contribution in [0.15, 0.2) is 36.5 Å². The van der Waals surface area contributed by atoms with Gasteiger partial charge in [-0.15, -0.1) is 0 Å². The summed E-state index contributed by atoms with van der Waals surface area (Å²) in [5.74, 6) is -0.404. The maximum absolute atomic E-state index is 12.5. The third-order valence-corrected chi connectivity index (χ3v) is 4.90. The Bertz CT molecular complexity index is 784. The number of aromatic nitrogens is 2. The molecule has 0 atom stereocenters. The van der Waals surface area contributed by atoms with E-state index in [1.165, 1.54) is 0 Å². The summed E-state index contributed by atoms with van der Waals surface area (Å²) in [5, 5.41) is 16.4. The summed E-state index contributed by atoms with van der Waals surface area (Å²) < 4.78 is 1.84. The molecular formula is C18H21ClN4O3. The zero-order chi connectivity index (χ0) is 18.5. The van der Waals surface area contributed by atoms with Gasteiger partial charge in [-0.1, -0.05) is 23.7 Å². The van der Waals surface area contributed by atoms with Crippen LogP contribution >= 0.6 is 11.6 Å². The van der Waals surface area contributed by atoms with Gasteiger partial charge in [0.1, 0.15) is 5.82 Å². The van der Waals surface area contributed by atoms with Crippen molar-refractivity contribution in [2.45, 2.75) is 25.3 Å². The predicted molar refractivity (Wildman–Crippen MR) is 98.6 cm³/mol. The van der Waals surface area contributed by atoms with Crippen molar-refractivity contribution in [1.29, 1.82) is 0 Å². The number of hydrogen-bond acceptors (Lipinski definition) is 4. The number of piperidine rings is 1. The van der Waals surface area contributed by atoms with Crippen molar-refractivity contribution in [2.75, 3.05) is 25.0 Å². The second-order valence-electron chi connectivity index (χ2n) is 6.31. The molecule has 0 bridgehead atoms. The number of nitrogens with one attached hydrogen (secondary N) is 1. The van der Waals surface area contributed by atoms with Crippen molar-refractivity contribution >= 4 is 29.3 Å². The highest BCUT2D eigenvalue weighted by Gasteiger charge is 2.23. The second-order valence-corrected chi connectivity index (χ2v) is 6.72. The number of carboxylic acid groups (broad SMARTS) is 1. The maximum atomic E-state index is 12.5. The topological polar surface area (TPSA) is 87.5 Å². The molecule has 2 heterocycles. The second kappa shape index (κ2) is 8.33. The summed E-state index contributed by atoms with van der Waals surface area (Å²) >= 11 is 6.09. The number of carboxylic acids is 1. The van der Waals surface area contributed by atoms with Crippen LogP contribution in [0.4, 0.5) is 5.82 Å². The average molecular weight is 377 g/mol. The number of amides is 1. The number of nitrogens with zero attached hydrogens (tertiary/aromatic N) is 3. The summed E-state index contributed by atoms with van der Waals surface area (Å²) in [7, 11) is 0. The van der Waals surface area contributed by atoms with Gasteiger partial charge in [0.15, 0.2) is 0 Å². The number of carbonyl (C=O) groups excluding carboxylic acids is 1. The van der Waals surface area contributed by atoms with Crippen LogP contribution in [0.1, 0.15) is 35.7 Å². The lowest BCUT2D eigenvalue weighted by Crippen LogP contribution is -2.36. The molecule has 0 saturated carbocycles. The van der Waals surface area contributed by atoms with Crippen LogP contribution in [0, 0.1) is 0 Å². The van der Waals surface area contributed by atoms with Crippen LogP contribution in [-0.2, 0) is 4.79 Å². The monoisotopic (exact) mass is 376 g/mol. The number of carbonyl (C=O) groups is 2. The number of aliphatic carboxylic acids is 1. The van der Waals surface area contributed by atoms with Gasteiger partial charge in [0.05, 0.1) is 29.2 Å². The summed E-state index contributed by atoms with van der Waals surface area (Å²) in [4.78, 5) is 25.3. The fraction of sp³-hybridized carbons (Fsp3) is 0.389. The van der Waals surface area contributed by atoms with Crippen LogP contribution in [0.25, 0.3) is 0 Å². The van der Waals surface area contributed by atoms with Crippen molar-refractivity contribution in [2.24, 2.45) is 0 Å². The van der Waals surface area contributed by atoms with E-state index in [9.17, 15) is 9.59 Å². The van der Waals surface area contributed by atoms with Crippen LogP contribution in [-0.4, -0.2) is 51.3 Å². The van der Waals surface area contributed by atoms with Gasteiger partial charge in [0, 0.05) is 25.7 Å². The molecule has 26 heavy (non-hydrogen) atoms. The van der Waals surface area contributed by atoms with Crippen molar-refractivity contribution < 1.29 is 14.7 Å². The quantitative estimate of drug-likeness (QED) is 0.809. The summed E-state index contributed by atoms with van der Waals surface area (Å²) in [6.45, 7) is 2.20. The van der Waals surface area contributed by atoms with Crippen LogP contribution in [0.2, 0.25) is 5.02 Å². The SMILES string of the molecule is O=C(O)CCN1CCC(n2nccc2NC(=O)c2ccccc2Cl)CC1. The maximum Gasteiger partial charge on any atom is 0.304 e. The van der Waals surface area contributed by atoms with E-state index in [4.69, 9.17) is 16.7 Å². The highest BCUT2D eigenvalue weighted by Crippen LogP contribution is 2.26. The van der Waals surface area contributed by atoms with E-state index in [2.05, 4.69) is 15.3 Å². The molecule has 7 nitrogen and oxygen atoms in total. The Morgan fingerprint density at radius 1 is 1.23 bits per heavy atom. The Morgan fingerprint density at radius 2 is 1.96 bits per heavy atom. The lowest BCUT2D eigenvalue weighted by atomic mass is 10.1. The molecule has 138 valence electrons. The Labute approximate surface area is 156 Å². The number of rotatable bonds is 6. The Kier molecular flexibility index (Phi) is 5.90. The average Bonchev–Trinajstić information content (AvgIpc) is 3.08. The van der Waals surface area contributed by atoms with E-state index in [1.807, 2.05) is 4.68 Å². The summed E-state index contributed by atoms with van der Waals surface area (Å²) in [6.07, 6.45) is 3.54. The van der Waals surface area contributed by atoms with Crippen molar-refractivity contribution in [3.05, 3.63) is 47.1 Å². The minimum Gasteiger partial charge on any atom is -0.481 e. The first-order valence-corrected chi connectivity index (χ1v) is 8.96. The lowest BCUT2D eigenvalue weighted by molar-refractivity contribution is -0.137. The van der Waals surface area contributed by atoms with Crippen molar-refractivity contribution in [3.8, 4) is 0 Å². The molecule has 2 aromatic rings. The molecule has 0 aliphatic carbocycles. The Morgan fingerprint density at radius 3 is 2.65 bits per heavy atom. The molecule has 1 amide bonds. The fourth-order valence-electron chi connectivity index (χ4n) is 3.17. The highest BCUT2D eigenvalue weighted by molar-refractivity contribution is 6.34. The minimum absolute atomic E-state index is 0.158. The van der Waals surface area contributed by atoms with E-state index in [1.54, 1.807) is 36.5 Å². The number of likely N-dealkylation sites (tertiary alicyclic amines) is 1. The van der Waals surface area contributed by atoms with Gasteiger partial charge in [-0.3, -0.25) is 9.59 Å². The number of anilines is 1. The molecule has 1 aliphatic heterocycles. The van der Waals surface area contributed by atoms with Gasteiger partial charge in [0.25, 0.3) is 5.91 Å². The third-order valence-electron chi connectivity index (χ3n) is 4.58. The van der Waals surface area contributed by atoms with Crippen molar-refractivity contribution in [3.63, 3.8) is 0 Å². The summed E-state index contributed by atoms with van der Waals surface area (Å²) in [6, 6.07) is 8.85. The highest BCUT2D eigenvalue weighted by atomic mass is 35.5. The fourth-order valence-corrected chi connectivity index (χ4v) is 3.40. The molecule has 8 heteroatoms. The van der Waals surface area contributed by atoms with E-state index < -0.39 is 5.97 Å². The molecule has 0 spiro atoms. The molecule has 0 unspecified atom stereocenters. The number of halogens is 1. The van der Waals surface area contributed by atoms with Gasteiger partial charge in [-0.2, -0.15) is 5.10 Å². The minimum atomic E-state index is -0.774. The standard InChI is InChI=1S/C18H21ClN4O3/c19-15-4-2-1-3-14(15)18(26)21-16-5-9-20-23(16)13-6-10-22(11-7-13)12-8-17(24)25/h1-5,9,13H,6-8,10-12H2,(H,21,26)(H,24,25). The number of benzene rings is 1. The van der Waals surface area contributed by atoms with Crippen LogP contribution in [0.5, 0.6) is 0 Å². The summed E-state index contributed by atoms with van der Waals surface area (Å²) in [5.41, 5.74) is 0.422. The normalized spacial score (nSPS) is 15.7. The largest absolute Gasteiger partial charge is 0.481 e. The van der Waals surface area contributed by atoms with Gasteiger partial charge < -0.3 is 15.3 Å². The first-order valence-electron chi connectivity index (χ1n) is 8.58. The van der Waals surface area contributed by atoms with E-state index in [0.717, 1.165) is 25.9 Å². The molecule has 1 aliphatic rings. The first kappa shape index (κ1) is 18.4. The van der Waals surface area contributed by atoms with Gasteiger partial charge in [-0.25, -0.2) is 4.68 Å². The van der Waals surface area contributed by atoms with E-state index in [0.29, 0.717) is 22.9 Å². The Balaban J connectivity index is 1.62. The molecule has 1 fully saturated rings. The predicted octanol–water partition coefficient (Wildman–Crippen LogP) is 2.90. The van der Waals surface area contributed by atoms with Gasteiger partial charge in [0.2, 0.25) is 0 Å². The molecular weight excluding hydrogens is 356 g/mol. The Hall–Kier alpha value is -2.38. The molecule has 3 rings (SSSR count). The molecule has 0 radical (unpaired) electrons. The lowest BCUT2D eigenvalue weighted by Gasteiger charge is -2.32. The van der Waals surface area contributed by atoms with Crippen LogP contribution in [0.3, 0.4) is 0 Å². The smallest absolute Gasteiger partial charge is 0.304 e. The third kappa shape index (κ3) is 4.42. The molecule has 2 N–H and O–H groups in total.